The maximum Gasteiger partial charge on any atom is 0.154 e. The fraction of sp³-hybridized carbons (Fsp3) is 0.727. The largest absolute Gasteiger partial charge is 0.506 e. The molecule has 5 heteroatoms. The number of aromatic hydroxyl groups is 1. The zero-order valence-electron chi connectivity index (χ0n) is 18.0. The molecule has 154 valence electrons. The van der Waals surface area contributed by atoms with Gasteiger partial charge in [0.25, 0.3) is 0 Å². The zero-order chi connectivity index (χ0) is 20.0. The second-order valence-electron chi connectivity index (χ2n) is 7.62. The Hall–Kier alpha value is -1.62. The molecule has 0 aliphatic carbocycles. The third-order valence-corrected chi connectivity index (χ3v) is 5.27. The maximum absolute atomic E-state index is 9.14. The van der Waals surface area contributed by atoms with Gasteiger partial charge in [-0.3, -0.25) is 0 Å². The first-order valence-corrected chi connectivity index (χ1v) is 11.0. The quantitative estimate of drug-likeness (QED) is 0.469. The molecular weight excluding hydrogens is 336 g/mol. The Labute approximate surface area is 165 Å². The third kappa shape index (κ3) is 8.29. The summed E-state index contributed by atoms with van der Waals surface area (Å²) in [6, 6.07) is 5.07. The summed E-state index contributed by atoms with van der Waals surface area (Å²) in [7, 11) is 0. The molecule has 0 aliphatic heterocycles. The number of H-pyrrole nitrogens is 1. The van der Waals surface area contributed by atoms with E-state index < -0.39 is 0 Å². The van der Waals surface area contributed by atoms with Crippen LogP contribution in [0.4, 0.5) is 0 Å². The second kappa shape index (κ2) is 13.5. The van der Waals surface area contributed by atoms with Gasteiger partial charge in [-0.05, 0) is 37.8 Å². The van der Waals surface area contributed by atoms with Gasteiger partial charge in [0, 0.05) is 0 Å². The monoisotopic (exact) mass is 377 g/mol. The lowest BCUT2D eigenvalue weighted by Crippen LogP contribution is -2.50. The van der Waals surface area contributed by atoms with Crippen LogP contribution in [-0.2, 0) is 0 Å². The first kappa shape index (κ1) is 23.4. The smallest absolute Gasteiger partial charge is 0.154 e. The number of fused-ring (bicyclic) bond motifs is 1. The second-order valence-corrected chi connectivity index (χ2v) is 7.62. The number of aromatic amines is 1. The van der Waals surface area contributed by atoms with Gasteiger partial charge in [0.15, 0.2) is 5.52 Å². The van der Waals surface area contributed by atoms with E-state index in [9.17, 15) is 0 Å². The van der Waals surface area contributed by atoms with E-state index in [0.717, 1.165) is 0 Å². The molecule has 0 aliphatic rings. The summed E-state index contributed by atoms with van der Waals surface area (Å²) in [5.74, 6) is 0.159. The van der Waals surface area contributed by atoms with E-state index in [0.29, 0.717) is 11.0 Å². The van der Waals surface area contributed by atoms with Gasteiger partial charge >= 0.3 is 0 Å². The van der Waals surface area contributed by atoms with Gasteiger partial charge in [-0.2, -0.15) is 15.4 Å². The van der Waals surface area contributed by atoms with Crippen molar-refractivity contribution in [1.82, 2.24) is 15.4 Å². The van der Waals surface area contributed by atoms with Crippen molar-refractivity contribution in [2.24, 2.45) is 0 Å². The molecule has 1 aromatic carbocycles. The van der Waals surface area contributed by atoms with Crippen LogP contribution < -0.4 is 0 Å². The average molecular weight is 378 g/mol. The molecule has 5 nitrogen and oxygen atoms in total. The van der Waals surface area contributed by atoms with Gasteiger partial charge in [-0.25, -0.2) is 0 Å². The summed E-state index contributed by atoms with van der Waals surface area (Å²) in [5.41, 5.74) is 1.20. The normalized spacial score (nSPS) is 11.4. The van der Waals surface area contributed by atoms with E-state index in [1.165, 1.54) is 82.0 Å². The van der Waals surface area contributed by atoms with Gasteiger partial charge in [0.1, 0.15) is 11.3 Å². The third-order valence-electron chi connectivity index (χ3n) is 5.27. The number of hydrogen-bond donors (Lipinski definition) is 2. The predicted octanol–water partition coefficient (Wildman–Crippen LogP) is 5.67. The van der Waals surface area contributed by atoms with Crippen molar-refractivity contribution in [2.45, 2.75) is 79.1 Å². The minimum atomic E-state index is 0.159. The topological polar surface area (TPSA) is 61.8 Å². The van der Waals surface area contributed by atoms with Crippen molar-refractivity contribution >= 4 is 11.0 Å². The first-order chi connectivity index (χ1) is 13.1. The van der Waals surface area contributed by atoms with Crippen molar-refractivity contribution < 1.29 is 9.59 Å². The predicted molar refractivity (Wildman–Crippen MR) is 115 cm³/mol. The van der Waals surface area contributed by atoms with Gasteiger partial charge in [-0.1, -0.05) is 59.4 Å². The van der Waals surface area contributed by atoms with E-state index in [4.69, 9.17) is 5.11 Å². The van der Waals surface area contributed by atoms with E-state index in [2.05, 4.69) is 43.1 Å². The standard InChI is InChI=1S/C16H36N.C6H5N3O/c1-5-9-13-17(14-10-6-2,15-11-7-3)16-12-8-4;10-5-3-1-2-4-6(5)8-9-7-4/h5-16H2,1-4H3;1-3,10H,(H,7,8,9)/q+1;. The molecule has 1 heterocycles. The van der Waals surface area contributed by atoms with E-state index >= 15 is 0 Å². The summed E-state index contributed by atoms with van der Waals surface area (Å²) < 4.78 is 1.42. The molecule has 0 fully saturated rings. The molecule has 0 amide bonds. The number of nitrogens with one attached hydrogen (secondary N) is 1. The minimum Gasteiger partial charge on any atom is -0.506 e. The Kier molecular flexibility index (Phi) is 11.7. The number of hydrogen-bond acceptors (Lipinski definition) is 3. The summed E-state index contributed by atoms with van der Waals surface area (Å²) in [4.78, 5) is 0. The highest BCUT2D eigenvalue weighted by molar-refractivity contribution is 5.79. The Bertz CT molecular complexity index is 574. The fourth-order valence-electron chi connectivity index (χ4n) is 3.50. The molecule has 0 atom stereocenters. The molecule has 0 unspecified atom stereocenters. The number of aromatic nitrogens is 3. The van der Waals surface area contributed by atoms with Gasteiger partial charge < -0.3 is 9.59 Å². The highest BCUT2D eigenvalue weighted by atomic mass is 16.3. The number of phenolic OH excluding ortho intramolecular Hbond substituents is 1. The Balaban J connectivity index is 0.000000303. The minimum absolute atomic E-state index is 0.159. The number of phenols is 1. The van der Waals surface area contributed by atoms with Crippen LogP contribution >= 0.6 is 0 Å². The fourth-order valence-corrected chi connectivity index (χ4v) is 3.50. The summed E-state index contributed by atoms with van der Waals surface area (Å²) >= 11 is 0. The van der Waals surface area contributed by atoms with Crippen molar-refractivity contribution in [2.75, 3.05) is 26.2 Å². The van der Waals surface area contributed by atoms with Gasteiger partial charge in [0.05, 0.1) is 26.2 Å². The number of benzene rings is 1. The summed E-state index contributed by atoms with van der Waals surface area (Å²) in [6.45, 7) is 15.0. The SMILES string of the molecule is CCCC[N+](CCCC)(CCCC)CCCC.Oc1cccc2n[nH]nc12. The highest BCUT2D eigenvalue weighted by Crippen LogP contribution is 2.18. The van der Waals surface area contributed by atoms with Crippen molar-refractivity contribution in [3.63, 3.8) is 0 Å². The number of quaternary nitrogens is 1. The molecule has 0 spiro atoms. The highest BCUT2D eigenvalue weighted by Gasteiger charge is 2.24. The Morgan fingerprint density at radius 3 is 1.67 bits per heavy atom. The molecule has 0 radical (unpaired) electrons. The van der Waals surface area contributed by atoms with Crippen LogP contribution in [0.3, 0.4) is 0 Å². The lowest BCUT2D eigenvalue weighted by molar-refractivity contribution is -0.929. The Morgan fingerprint density at radius 1 is 0.778 bits per heavy atom. The molecule has 1 aromatic heterocycles. The Morgan fingerprint density at radius 2 is 1.26 bits per heavy atom. The van der Waals surface area contributed by atoms with Crippen LogP contribution in [-0.4, -0.2) is 51.2 Å². The number of rotatable bonds is 12. The molecule has 27 heavy (non-hydrogen) atoms. The van der Waals surface area contributed by atoms with Crippen LogP contribution in [0.1, 0.15) is 79.1 Å². The molecule has 2 rings (SSSR count). The molecule has 0 bridgehead atoms. The number of para-hydroxylation sites is 1. The van der Waals surface area contributed by atoms with Gasteiger partial charge in [0.2, 0.25) is 0 Å². The van der Waals surface area contributed by atoms with E-state index in [1.807, 2.05) is 0 Å². The van der Waals surface area contributed by atoms with Crippen LogP contribution in [0.2, 0.25) is 0 Å². The van der Waals surface area contributed by atoms with E-state index in [-0.39, 0.29) is 5.75 Å². The zero-order valence-corrected chi connectivity index (χ0v) is 18.0. The average Bonchev–Trinajstić information content (AvgIpc) is 3.18. The van der Waals surface area contributed by atoms with Crippen molar-refractivity contribution in [3.8, 4) is 5.75 Å². The maximum atomic E-state index is 9.14. The van der Waals surface area contributed by atoms with Crippen LogP contribution in [0.15, 0.2) is 18.2 Å². The van der Waals surface area contributed by atoms with Crippen LogP contribution in [0, 0.1) is 0 Å². The first-order valence-electron chi connectivity index (χ1n) is 11.0. The summed E-state index contributed by atoms with van der Waals surface area (Å²) in [6.07, 6.45) is 11.1. The molecule has 2 N–H and O–H groups in total. The van der Waals surface area contributed by atoms with Crippen LogP contribution in [0.25, 0.3) is 11.0 Å². The lowest BCUT2D eigenvalue weighted by Gasteiger charge is -2.39. The van der Waals surface area contributed by atoms with Crippen LogP contribution in [0.5, 0.6) is 5.75 Å². The van der Waals surface area contributed by atoms with Gasteiger partial charge in [-0.15, -0.1) is 0 Å². The number of unbranched alkanes of at least 4 members (excludes halogenated alkanes) is 4. The van der Waals surface area contributed by atoms with Crippen molar-refractivity contribution in [3.05, 3.63) is 18.2 Å². The van der Waals surface area contributed by atoms with Crippen molar-refractivity contribution in [1.29, 1.82) is 0 Å². The number of nitrogens with zero attached hydrogens (tertiary/aromatic N) is 3. The molecule has 0 saturated heterocycles. The molecular formula is C22H41N4O+. The molecule has 0 saturated carbocycles. The van der Waals surface area contributed by atoms with E-state index in [1.54, 1.807) is 18.2 Å². The molecule has 2 aromatic rings. The summed E-state index contributed by atoms with van der Waals surface area (Å²) in [5, 5.41) is 19.1. The lowest BCUT2D eigenvalue weighted by atomic mass is 10.1.